The second kappa shape index (κ2) is 8.58. The summed E-state index contributed by atoms with van der Waals surface area (Å²) >= 11 is 0. The number of hydrogen-bond donors (Lipinski definition) is 0. The lowest BCUT2D eigenvalue weighted by molar-refractivity contribution is 0.866. The highest BCUT2D eigenvalue weighted by molar-refractivity contribution is 5.79. The second-order valence-corrected chi connectivity index (χ2v) is 5.92. The van der Waals surface area contributed by atoms with E-state index in [4.69, 9.17) is 0 Å². The van der Waals surface area contributed by atoms with Gasteiger partial charge in [0.1, 0.15) is 0 Å². The third kappa shape index (κ3) is 4.00. The first-order chi connectivity index (χ1) is 11.6. The maximum Gasteiger partial charge on any atom is 0.0366 e. The van der Waals surface area contributed by atoms with Crippen molar-refractivity contribution in [2.24, 2.45) is 0 Å². The normalized spacial score (nSPS) is 10.5. The molecule has 128 valence electrons. The Bertz CT molecular complexity index is 575. The van der Waals surface area contributed by atoms with Crippen molar-refractivity contribution in [3.63, 3.8) is 0 Å². The Morgan fingerprint density at radius 2 is 0.917 bits per heavy atom. The van der Waals surface area contributed by atoms with E-state index in [2.05, 4.69) is 92.6 Å². The molecule has 0 aliphatic rings. The predicted molar refractivity (Wildman–Crippen MR) is 108 cm³/mol. The quantitative estimate of drug-likeness (QED) is 0.638. The van der Waals surface area contributed by atoms with Gasteiger partial charge in [-0.05, 0) is 68.7 Å². The second-order valence-electron chi connectivity index (χ2n) is 5.92. The van der Waals surface area contributed by atoms with Crippen LogP contribution in [0.4, 0.5) is 11.4 Å². The van der Waals surface area contributed by atoms with E-state index in [1.54, 1.807) is 0 Å². The van der Waals surface area contributed by atoms with Gasteiger partial charge in [-0.15, -0.1) is 0 Å². The highest BCUT2D eigenvalue weighted by atomic mass is 15.1. The highest BCUT2D eigenvalue weighted by Gasteiger charge is 2.07. The monoisotopic (exact) mass is 322 g/mol. The van der Waals surface area contributed by atoms with Crippen LogP contribution in [0.25, 0.3) is 5.57 Å². The van der Waals surface area contributed by atoms with Crippen LogP contribution in [0, 0.1) is 0 Å². The molecule has 24 heavy (non-hydrogen) atoms. The molecule has 2 nitrogen and oxygen atoms in total. The standard InChI is InChI=1S/C22H30N2/c1-6-23(7-2)21-14-10-19(11-15-21)18(5)20-12-16-22(17-13-20)24(8-3)9-4/h10-17H,5-9H2,1-4H3. The van der Waals surface area contributed by atoms with Gasteiger partial charge in [0.25, 0.3) is 0 Å². The molecule has 0 aromatic heterocycles. The molecule has 2 aromatic carbocycles. The fourth-order valence-corrected chi connectivity index (χ4v) is 3.09. The van der Waals surface area contributed by atoms with Gasteiger partial charge in [0, 0.05) is 37.6 Å². The molecular weight excluding hydrogens is 292 g/mol. The summed E-state index contributed by atoms with van der Waals surface area (Å²) in [6.07, 6.45) is 0. The molecule has 0 bridgehead atoms. The number of nitrogens with zero attached hydrogens (tertiary/aromatic N) is 2. The van der Waals surface area contributed by atoms with E-state index in [0.29, 0.717) is 0 Å². The van der Waals surface area contributed by atoms with Crippen LogP contribution >= 0.6 is 0 Å². The Labute approximate surface area is 147 Å². The predicted octanol–water partition coefficient (Wildman–Crippen LogP) is 5.44. The summed E-state index contributed by atoms with van der Waals surface area (Å²) in [5, 5.41) is 0. The van der Waals surface area contributed by atoms with E-state index < -0.39 is 0 Å². The fraction of sp³-hybridized carbons (Fsp3) is 0.364. The van der Waals surface area contributed by atoms with Gasteiger partial charge < -0.3 is 9.80 Å². The minimum absolute atomic E-state index is 1.03. The van der Waals surface area contributed by atoms with E-state index in [-0.39, 0.29) is 0 Å². The molecule has 0 N–H and O–H groups in total. The van der Waals surface area contributed by atoms with E-state index in [1.165, 1.54) is 22.5 Å². The summed E-state index contributed by atoms with van der Waals surface area (Å²) in [6.45, 7) is 17.2. The van der Waals surface area contributed by atoms with Gasteiger partial charge in [-0.2, -0.15) is 0 Å². The van der Waals surface area contributed by atoms with Crippen molar-refractivity contribution in [3.8, 4) is 0 Å². The lowest BCUT2D eigenvalue weighted by Gasteiger charge is -2.22. The molecule has 0 unspecified atom stereocenters. The van der Waals surface area contributed by atoms with Crippen molar-refractivity contribution in [2.75, 3.05) is 36.0 Å². The highest BCUT2D eigenvalue weighted by Crippen LogP contribution is 2.26. The third-order valence-corrected chi connectivity index (χ3v) is 4.69. The van der Waals surface area contributed by atoms with Crippen molar-refractivity contribution in [1.82, 2.24) is 0 Å². The molecule has 0 spiro atoms. The number of hydrogen-bond acceptors (Lipinski definition) is 2. The molecule has 2 heteroatoms. The van der Waals surface area contributed by atoms with Gasteiger partial charge >= 0.3 is 0 Å². The van der Waals surface area contributed by atoms with Gasteiger partial charge in [-0.25, -0.2) is 0 Å². The maximum atomic E-state index is 4.30. The third-order valence-electron chi connectivity index (χ3n) is 4.69. The number of anilines is 2. The molecule has 0 fully saturated rings. The van der Waals surface area contributed by atoms with E-state index >= 15 is 0 Å². The van der Waals surface area contributed by atoms with E-state index in [0.717, 1.165) is 31.8 Å². The molecular formula is C22H30N2. The summed E-state index contributed by atoms with van der Waals surface area (Å²) in [7, 11) is 0. The van der Waals surface area contributed by atoms with Crippen molar-refractivity contribution >= 4 is 16.9 Å². The molecule has 0 aliphatic heterocycles. The number of benzene rings is 2. The lowest BCUT2D eigenvalue weighted by atomic mass is 9.99. The van der Waals surface area contributed by atoms with Crippen LogP contribution in [0.3, 0.4) is 0 Å². The van der Waals surface area contributed by atoms with Gasteiger partial charge in [0.2, 0.25) is 0 Å². The zero-order valence-corrected chi connectivity index (χ0v) is 15.5. The van der Waals surface area contributed by atoms with Crippen LogP contribution < -0.4 is 9.80 Å². The van der Waals surface area contributed by atoms with Gasteiger partial charge in [0.05, 0.1) is 0 Å². The average Bonchev–Trinajstić information content (AvgIpc) is 2.64. The molecule has 0 radical (unpaired) electrons. The van der Waals surface area contributed by atoms with Gasteiger partial charge in [-0.3, -0.25) is 0 Å². The minimum atomic E-state index is 1.03. The molecule has 0 heterocycles. The Morgan fingerprint density at radius 3 is 1.17 bits per heavy atom. The Balaban J connectivity index is 2.16. The van der Waals surface area contributed by atoms with E-state index in [9.17, 15) is 0 Å². The zero-order valence-electron chi connectivity index (χ0n) is 15.5. The summed E-state index contributed by atoms with van der Waals surface area (Å²) in [5.74, 6) is 0. The van der Waals surface area contributed by atoms with Gasteiger partial charge in [-0.1, -0.05) is 30.8 Å². The molecule has 0 amide bonds. The Hall–Kier alpha value is -2.22. The Morgan fingerprint density at radius 1 is 0.625 bits per heavy atom. The molecule has 0 atom stereocenters. The summed E-state index contributed by atoms with van der Waals surface area (Å²) < 4.78 is 0. The molecule has 0 aliphatic carbocycles. The first kappa shape index (κ1) is 18.1. The minimum Gasteiger partial charge on any atom is -0.372 e. The first-order valence-corrected chi connectivity index (χ1v) is 9.04. The first-order valence-electron chi connectivity index (χ1n) is 9.04. The lowest BCUT2D eigenvalue weighted by Crippen LogP contribution is -2.21. The van der Waals surface area contributed by atoms with Crippen LogP contribution in [0.1, 0.15) is 38.8 Å². The maximum absolute atomic E-state index is 4.30. The molecule has 0 saturated carbocycles. The van der Waals surface area contributed by atoms with Crippen molar-refractivity contribution < 1.29 is 0 Å². The van der Waals surface area contributed by atoms with Crippen LogP contribution in [0.5, 0.6) is 0 Å². The molecule has 0 saturated heterocycles. The van der Waals surface area contributed by atoms with E-state index in [1.807, 2.05) is 0 Å². The van der Waals surface area contributed by atoms with Crippen LogP contribution in [-0.2, 0) is 0 Å². The van der Waals surface area contributed by atoms with Crippen LogP contribution in [-0.4, -0.2) is 26.2 Å². The summed E-state index contributed by atoms with van der Waals surface area (Å²) in [4.78, 5) is 4.71. The van der Waals surface area contributed by atoms with Crippen LogP contribution in [0.15, 0.2) is 55.1 Å². The Kier molecular flexibility index (Phi) is 6.48. The van der Waals surface area contributed by atoms with Crippen molar-refractivity contribution in [2.45, 2.75) is 27.7 Å². The fourth-order valence-electron chi connectivity index (χ4n) is 3.09. The molecule has 2 rings (SSSR count). The van der Waals surface area contributed by atoms with Crippen LogP contribution in [0.2, 0.25) is 0 Å². The van der Waals surface area contributed by atoms with Crippen molar-refractivity contribution in [3.05, 3.63) is 66.2 Å². The number of rotatable bonds is 8. The largest absolute Gasteiger partial charge is 0.372 e. The van der Waals surface area contributed by atoms with Gasteiger partial charge in [0.15, 0.2) is 0 Å². The SMILES string of the molecule is C=C(c1ccc(N(CC)CC)cc1)c1ccc(N(CC)CC)cc1. The van der Waals surface area contributed by atoms with Crippen molar-refractivity contribution in [1.29, 1.82) is 0 Å². The average molecular weight is 322 g/mol. The molecule has 2 aromatic rings. The zero-order chi connectivity index (χ0) is 17.5. The smallest absolute Gasteiger partial charge is 0.0366 e. The summed E-state index contributed by atoms with van der Waals surface area (Å²) in [6, 6.07) is 17.5. The summed E-state index contributed by atoms with van der Waals surface area (Å²) in [5.41, 5.74) is 5.98. The topological polar surface area (TPSA) is 6.48 Å².